The van der Waals surface area contributed by atoms with Gasteiger partial charge >= 0.3 is 6.09 Å². The van der Waals surface area contributed by atoms with Crippen molar-refractivity contribution in [2.24, 2.45) is 5.92 Å². The largest absolute Gasteiger partial charge is 0.444 e. The van der Waals surface area contributed by atoms with Gasteiger partial charge in [0.15, 0.2) is 0 Å². The fraction of sp³-hybridized carbons (Fsp3) is 0.944. The Hall–Kier alpha value is -0.810. The lowest BCUT2D eigenvalue weighted by Crippen LogP contribution is -2.47. The van der Waals surface area contributed by atoms with Gasteiger partial charge in [-0.2, -0.15) is 0 Å². The van der Waals surface area contributed by atoms with E-state index in [2.05, 4.69) is 22.5 Å². The Morgan fingerprint density at radius 2 is 1.96 bits per heavy atom. The molecule has 1 saturated heterocycles. The van der Waals surface area contributed by atoms with Crippen molar-refractivity contribution in [1.82, 2.24) is 15.5 Å². The second-order valence-corrected chi connectivity index (χ2v) is 8.06. The van der Waals surface area contributed by atoms with Crippen molar-refractivity contribution in [1.29, 1.82) is 0 Å². The van der Waals surface area contributed by atoms with Crippen molar-refractivity contribution in [3.63, 3.8) is 0 Å². The zero-order valence-electron chi connectivity index (χ0n) is 15.4. The molecule has 0 bridgehead atoms. The molecular formula is C18H35N3O2. The first kappa shape index (κ1) is 18.5. The van der Waals surface area contributed by atoms with E-state index in [4.69, 9.17) is 4.74 Å². The van der Waals surface area contributed by atoms with Gasteiger partial charge in [-0.15, -0.1) is 0 Å². The van der Waals surface area contributed by atoms with Gasteiger partial charge in [-0.3, -0.25) is 0 Å². The molecule has 2 rings (SSSR count). The molecule has 0 aromatic carbocycles. The van der Waals surface area contributed by atoms with Gasteiger partial charge in [0.2, 0.25) is 0 Å². The van der Waals surface area contributed by atoms with Crippen LogP contribution in [-0.2, 0) is 4.74 Å². The maximum atomic E-state index is 11.9. The molecule has 0 aromatic rings. The van der Waals surface area contributed by atoms with E-state index in [-0.39, 0.29) is 6.09 Å². The summed E-state index contributed by atoms with van der Waals surface area (Å²) in [6, 6.07) is 0.971. The number of amides is 1. The summed E-state index contributed by atoms with van der Waals surface area (Å²) in [6.07, 6.45) is 5.98. The van der Waals surface area contributed by atoms with Crippen molar-refractivity contribution in [2.45, 2.75) is 77.5 Å². The van der Waals surface area contributed by atoms with E-state index in [0.29, 0.717) is 18.6 Å². The first-order valence-electron chi connectivity index (χ1n) is 9.32. The summed E-state index contributed by atoms with van der Waals surface area (Å²) in [5.74, 6) is 0.718. The molecule has 0 radical (unpaired) electrons. The summed E-state index contributed by atoms with van der Waals surface area (Å²) in [4.78, 5) is 14.4. The minimum atomic E-state index is -0.433. The normalized spacial score (nSPS) is 24.8. The zero-order valence-corrected chi connectivity index (χ0v) is 15.4. The summed E-state index contributed by atoms with van der Waals surface area (Å²) in [7, 11) is 0. The molecule has 2 N–H and O–H groups in total. The van der Waals surface area contributed by atoms with Crippen molar-refractivity contribution in [2.75, 3.05) is 26.2 Å². The van der Waals surface area contributed by atoms with Gasteiger partial charge in [-0.25, -0.2) is 4.79 Å². The van der Waals surface area contributed by atoms with Crippen molar-refractivity contribution in [3.05, 3.63) is 0 Å². The Morgan fingerprint density at radius 1 is 1.22 bits per heavy atom. The van der Waals surface area contributed by atoms with Crippen LogP contribution in [-0.4, -0.2) is 54.9 Å². The second-order valence-electron chi connectivity index (χ2n) is 8.06. The number of carbonyl (C=O) groups excluding carboxylic acids is 1. The van der Waals surface area contributed by atoms with E-state index in [0.717, 1.165) is 12.5 Å². The number of hydrogen-bond acceptors (Lipinski definition) is 4. The average molecular weight is 325 g/mol. The van der Waals surface area contributed by atoms with E-state index in [1.807, 2.05) is 20.8 Å². The Kier molecular flexibility index (Phi) is 6.72. The van der Waals surface area contributed by atoms with Crippen LogP contribution in [0.1, 0.15) is 59.8 Å². The lowest BCUT2D eigenvalue weighted by molar-refractivity contribution is 0.0520. The summed E-state index contributed by atoms with van der Waals surface area (Å²) in [5.41, 5.74) is -0.433. The molecule has 1 heterocycles. The maximum absolute atomic E-state index is 11.9. The fourth-order valence-electron chi connectivity index (χ4n) is 3.31. The molecule has 1 amide bonds. The topological polar surface area (TPSA) is 53.6 Å². The summed E-state index contributed by atoms with van der Waals surface area (Å²) >= 11 is 0. The molecule has 2 unspecified atom stereocenters. The van der Waals surface area contributed by atoms with Gasteiger partial charge in [0.25, 0.3) is 0 Å². The molecule has 2 aliphatic rings. The predicted octanol–water partition coefficient (Wildman–Crippen LogP) is 2.75. The third-order valence-electron chi connectivity index (χ3n) is 4.77. The quantitative estimate of drug-likeness (QED) is 0.788. The molecule has 1 aliphatic heterocycles. The number of nitrogens with zero attached hydrogens (tertiary/aromatic N) is 1. The van der Waals surface area contributed by atoms with Crippen LogP contribution in [0.2, 0.25) is 0 Å². The molecule has 1 aliphatic carbocycles. The first-order valence-corrected chi connectivity index (χ1v) is 9.32. The Labute approximate surface area is 141 Å². The standard InChI is InChI=1S/C18H35N3O2/c1-5-21-11-6-7-15(10-12-21)20-16(14-8-9-14)13-19-17(22)23-18(2,3)4/h14-16,20H,5-13H2,1-4H3,(H,19,22). The minimum absolute atomic E-state index is 0.303. The molecule has 2 atom stereocenters. The third kappa shape index (κ3) is 7.08. The lowest BCUT2D eigenvalue weighted by atomic mass is 10.1. The van der Waals surface area contributed by atoms with Crippen LogP contribution in [0.3, 0.4) is 0 Å². The molecule has 23 heavy (non-hydrogen) atoms. The van der Waals surface area contributed by atoms with Crippen LogP contribution in [0.4, 0.5) is 4.79 Å². The highest BCUT2D eigenvalue weighted by atomic mass is 16.6. The number of likely N-dealkylation sites (tertiary alicyclic amines) is 1. The Morgan fingerprint density at radius 3 is 2.57 bits per heavy atom. The van der Waals surface area contributed by atoms with E-state index in [1.54, 1.807) is 0 Å². The number of nitrogens with one attached hydrogen (secondary N) is 2. The molecule has 5 heteroatoms. The van der Waals surface area contributed by atoms with Crippen LogP contribution in [0.15, 0.2) is 0 Å². The molecule has 1 saturated carbocycles. The summed E-state index contributed by atoms with van der Waals surface area (Å²) < 4.78 is 5.34. The third-order valence-corrected chi connectivity index (χ3v) is 4.77. The van der Waals surface area contributed by atoms with Gasteiger partial charge in [0, 0.05) is 18.6 Å². The van der Waals surface area contributed by atoms with Crippen LogP contribution >= 0.6 is 0 Å². The van der Waals surface area contributed by atoms with E-state index in [9.17, 15) is 4.79 Å². The Bertz CT molecular complexity index is 377. The van der Waals surface area contributed by atoms with Gasteiger partial charge in [0.05, 0.1) is 0 Å². The highest BCUT2D eigenvalue weighted by Gasteiger charge is 2.33. The summed E-state index contributed by atoms with van der Waals surface area (Å²) in [5, 5.41) is 6.78. The van der Waals surface area contributed by atoms with Gasteiger partial charge in [0.1, 0.15) is 5.60 Å². The fourth-order valence-corrected chi connectivity index (χ4v) is 3.31. The summed E-state index contributed by atoms with van der Waals surface area (Å²) in [6.45, 7) is 12.2. The SMILES string of the molecule is CCN1CCCC(NC(CNC(=O)OC(C)(C)C)C2CC2)CC1. The van der Waals surface area contributed by atoms with Crippen LogP contribution in [0.25, 0.3) is 0 Å². The monoisotopic (exact) mass is 325 g/mol. The number of carbonyl (C=O) groups is 1. The van der Waals surface area contributed by atoms with Gasteiger partial charge in [-0.05, 0) is 78.4 Å². The van der Waals surface area contributed by atoms with Gasteiger partial charge < -0.3 is 20.3 Å². The van der Waals surface area contributed by atoms with Crippen molar-refractivity contribution in [3.8, 4) is 0 Å². The number of hydrogen-bond donors (Lipinski definition) is 2. The predicted molar refractivity (Wildman–Crippen MR) is 93.6 cm³/mol. The average Bonchev–Trinajstić information content (AvgIpc) is 3.28. The van der Waals surface area contributed by atoms with E-state index >= 15 is 0 Å². The van der Waals surface area contributed by atoms with E-state index < -0.39 is 5.60 Å². The number of rotatable bonds is 6. The van der Waals surface area contributed by atoms with Crippen LogP contribution < -0.4 is 10.6 Å². The van der Waals surface area contributed by atoms with Crippen molar-refractivity contribution >= 4 is 6.09 Å². The zero-order chi connectivity index (χ0) is 16.9. The molecule has 5 nitrogen and oxygen atoms in total. The molecular weight excluding hydrogens is 290 g/mol. The second kappa shape index (κ2) is 8.34. The molecule has 2 fully saturated rings. The molecule has 0 aromatic heterocycles. The highest BCUT2D eigenvalue weighted by molar-refractivity contribution is 5.67. The molecule has 134 valence electrons. The van der Waals surface area contributed by atoms with Crippen LogP contribution in [0.5, 0.6) is 0 Å². The minimum Gasteiger partial charge on any atom is -0.444 e. The smallest absolute Gasteiger partial charge is 0.407 e. The van der Waals surface area contributed by atoms with Gasteiger partial charge in [-0.1, -0.05) is 6.92 Å². The van der Waals surface area contributed by atoms with E-state index in [1.165, 1.54) is 45.2 Å². The lowest BCUT2D eigenvalue weighted by Gasteiger charge is -2.26. The maximum Gasteiger partial charge on any atom is 0.407 e. The Balaban J connectivity index is 1.77. The van der Waals surface area contributed by atoms with Crippen LogP contribution in [0, 0.1) is 5.92 Å². The first-order chi connectivity index (χ1) is 10.9. The number of ether oxygens (including phenoxy) is 1. The highest BCUT2D eigenvalue weighted by Crippen LogP contribution is 2.33. The van der Waals surface area contributed by atoms with Crippen molar-refractivity contribution < 1.29 is 9.53 Å². The molecule has 0 spiro atoms. The number of alkyl carbamates (subject to hydrolysis) is 1.